The summed E-state index contributed by atoms with van der Waals surface area (Å²) >= 11 is 0. The van der Waals surface area contributed by atoms with Crippen LogP contribution < -0.4 is 5.32 Å². The Balaban J connectivity index is 1.75. The number of nitrogens with zero attached hydrogens (tertiary/aromatic N) is 2. The molecule has 0 aliphatic carbocycles. The van der Waals surface area contributed by atoms with Crippen molar-refractivity contribution in [2.45, 2.75) is 6.04 Å². The molecule has 2 saturated heterocycles. The van der Waals surface area contributed by atoms with Crippen molar-refractivity contribution in [2.75, 3.05) is 26.2 Å². The zero-order chi connectivity index (χ0) is 15.0. The van der Waals surface area contributed by atoms with Crippen molar-refractivity contribution in [2.24, 2.45) is 0 Å². The van der Waals surface area contributed by atoms with Gasteiger partial charge >= 0.3 is 12.0 Å². The zero-order valence-corrected chi connectivity index (χ0v) is 11.3. The maximum Gasteiger partial charge on any atom is 0.335 e. The van der Waals surface area contributed by atoms with Crippen LogP contribution in [0.5, 0.6) is 0 Å². The molecule has 2 aliphatic rings. The number of carbonyl (C=O) groups excluding carboxylic acids is 2. The molecule has 3 amide bonds. The summed E-state index contributed by atoms with van der Waals surface area (Å²) in [5.41, 5.74) is 0.456. The van der Waals surface area contributed by atoms with Gasteiger partial charge in [0.1, 0.15) is 0 Å². The molecule has 0 radical (unpaired) electrons. The van der Waals surface area contributed by atoms with Gasteiger partial charge in [-0.2, -0.15) is 0 Å². The quantitative estimate of drug-likeness (QED) is 0.815. The normalized spacial score (nSPS) is 21.0. The molecular formula is C14H15N3O4. The molecule has 2 N–H and O–H groups in total. The first kappa shape index (κ1) is 13.4. The van der Waals surface area contributed by atoms with Crippen molar-refractivity contribution < 1.29 is 19.5 Å². The van der Waals surface area contributed by atoms with Gasteiger partial charge in [0.25, 0.3) is 5.91 Å². The number of nitrogens with one attached hydrogen (secondary N) is 1. The minimum absolute atomic E-state index is 0.00198. The highest BCUT2D eigenvalue weighted by molar-refractivity contribution is 5.97. The topological polar surface area (TPSA) is 90.0 Å². The third-order valence-corrected chi connectivity index (χ3v) is 3.88. The van der Waals surface area contributed by atoms with Gasteiger partial charge in [0.05, 0.1) is 11.6 Å². The molecule has 1 unspecified atom stereocenters. The number of fused-ring (bicyclic) bond motifs is 1. The van der Waals surface area contributed by atoms with Gasteiger partial charge in [0, 0.05) is 31.7 Å². The molecule has 0 bridgehead atoms. The molecule has 3 rings (SSSR count). The minimum Gasteiger partial charge on any atom is -0.478 e. The lowest BCUT2D eigenvalue weighted by Crippen LogP contribution is -2.53. The van der Waals surface area contributed by atoms with Crippen molar-refractivity contribution in [3.05, 3.63) is 35.4 Å². The first-order valence-electron chi connectivity index (χ1n) is 6.73. The largest absolute Gasteiger partial charge is 0.478 e. The van der Waals surface area contributed by atoms with E-state index in [1.165, 1.54) is 12.1 Å². The standard InChI is InChI=1S/C14H15N3O4/c18-12(9-2-1-3-10(6-9)13(19)20)16-4-5-17-11(8-16)7-15-14(17)21/h1-3,6,11H,4-5,7-8H2,(H,15,21)(H,19,20). The van der Waals surface area contributed by atoms with Crippen molar-refractivity contribution in [3.8, 4) is 0 Å². The number of carboxylic acid groups (broad SMARTS) is 1. The van der Waals surface area contributed by atoms with E-state index in [4.69, 9.17) is 5.11 Å². The second-order valence-electron chi connectivity index (χ2n) is 5.17. The number of benzene rings is 1. The SMILES string of the molecule is O=C(O)c1cccc(C(=O)N2CCN3C(=O)NCC3C2)c1. The van der Waals surface area contributed by atoms with Gasteiger partial charge in [0.15, 0.2) is 0 Å². The summed E-state index contributed by atoms with van der Waals surface area (Å²) in [4.78, 5) is 38.3. The van der Waals surface area contributed by atoms with E-state index in [2.05, 4.69) is 5.32 Å². The molecule has 1 atom stereocenters. The molecule has 7 nitrogen and oxygen atoms in total. The highest BCUT2D eigenvalue weighted by atomic mass is 16.4. The van der Waals surface area contributed by atoms with Crippen molar-refractivity contribution in [1.82, 2.24) is 15.1 Å². The second kappa shape index (κ2) is 5.08. The molecular weight excluding hydrogens is 274 g/mol. The Hall–Kier alpha value is -2.57. The predicted octanol–water partition coefficient (Wildman–Crippen LogP) is 0.234. The molecule has 2 heterocycles. The van der Waals surface area contributed by atoms with E-state index in [0.29, 0.717) is 31.7 Å². The van der Waals surface area contributed by atoms with Crippen LogP contribution >= 0.6 is 0 Å². The Labute approximate surface area is 121 Å². The number of carboxylic acids is 1. The first-order chi connectivity index (χ1) is 10.1. The van der Waals surface area contributed by atoms with Crippen molar-refractivity contribution >= 4 is 17.9 Å². The van der Waals surface area contributed by atoms with Gasteiger partial charge in [-0.05, 0) is 18.2 Å². The average molecular weight is 289 g/mol. The van der Waals surface area contributed by atoms with E-state index in [0.717, 1.165) is 0 Å². The summed E-state index contributed by atoms with van der Waals surface area (Å²) in [6.45, 7) is 1.97. The van der Waals surface area contributed by atoms with Crippen molar-refractivity contribution in [1.29, 1.82) is 0 Å². The van der Waals surface area contributed by atoms with Gasteiger partial charge in [-0.1, -0.05) is 6.07 Å². The van der Waals surface area contributed by atoms with E-state index in [-0.39, 0.29) is 23.5 Å². The lowest BCUT2D eigenvalue weighted by atomic mass is 10.1. The molecule has 0 aromatic heterocycles. The second-order valence-corrected chi connectivity index (χ2v) is 5.17. The summed E-state index contributed by atoms with van der Waals surface area (Å²) in [5.74, 6) is -1.25. The summed E-state index contributed by atoms with van der Waals surface area (Å²) in [6.07, 6.45) is 0. The monoisotopic (exact) mass is 289 g/mol. The number of aromatic carboxylic acids is 1. The van der Waals surface area contributed by atoms with Crippen molar-refractivity contribution in [3.63, 3.8) is 0 Å². The third-order valence-electron chi connectivity index (χ3n) is 3.88. The molecule has 0 saturated carbocycles. The number of rotatable bonds is 2. The highest BCUT2D eigenvalue weighted by Gasteiger charge is 2.37. The van der Waals surface area contributed by atoms with Crippen LogP contribution in [0.15, 0.2) is 24.3 Å². The maximum absolute atomic E-state index is 12.5. The molecule has 7 heteroatoms. The summed E-state index contributed by atoms with van der Waals surface area (Å²) in [7, 11) is 0. The van der Waals surface area contributed by atoms with E-state index in [1.54, 1.807) is 21.9 Å². The van der Waals surface area contributed by atoms with Crippen LogP contribution in [-0.2, 0) is 0 Å². The molecule has 21 heavy (non-hydrogen) atoms. The lowest BCUT2D eigenvalue weighted by molar-refractivity contribution is 0.0617. The van der Waals surface area contributed by atoms with Gasteiger partial charge < -0.3 is 20.2 Å². The van der Waals surface area contributed by atoms with E-state index >= 15 is 0 Å². The molecule has 1 aromatic rings. The number of carbonyl (C=O) groups is 3. The fourth-order valence-corrected chi connectivity index (χ4v) is 2.76. The lowest BCUT2D eigenvalue weighted by Gasteiger charge is -2.36. The molecule has 2 fully saturated rings. The Morgan fingerprint density at radius 1 is 1.24 bits per heavy atom. The summed E-state index contributed by atoms with van der Waals surface area (Å²) in [5, 5.41) is 11.7. The molecule has 0 spiro atoms. The Morgan fingerprint density at radius 2 is 2.00 bits per heavy atom. The minimum atomic E-state index is -1.06. The van der Waals surface area contributed by atoms with Gasteiger partial charge in [0.2, 0.25) is 0 Å². The number of hydrogen-bond donors (Lipinski definition) is 2. The fourth-order valence-electron chi connectivity index (χ4n) is 2.76. The van der Waals surface area contributed by atoms with Crippen LogP contribution in [-0.4, -0.2) is 65.0 Å². The molecule has 110 valence electrons. The average Bonchev–Trinajstić information content (AvgIpc) is 2.87. The van der Waals surface area contributed by atoms with Crippen LogP contribution in [0.3, 0.4) is 0 Å². The smallest absolute Gasteiger partial charge is 0.335 e. The zero-order valence-electron chi connectivity index (χ0n) is 11.3. The number of amides is 3. The number of piperazine rings is 1. The van der Waals surface area contributed by atoms with E-state index in [1.807, 2.05) is 0 Å². The highest BCUT2D eigenvalue weighted by Crippen LogP contribution is 2.17. The van der Waals surface area contributed by atoms with Crippen LogP contribution in [0.1, 0.15) is 20.7 Å². The van der Waals surface area contributed by atoms with Crippen LogP contribution in [0.4, 0.5) is 4.79 Å². The molecule has 2 aliphatic heterocycles. The predicted molar refractivity (Wildman–Crippen MR) is 73.2 cm³/mol. The summed E-state index contributed by atoms with van der Waals surface area (Å²) < 4.78 is 0. The van der Waals surface area contributed by atoms with Crippen LogP contribution in [0, 0.1) is 0 Å². The van der Waals surface area contributed by atoms with Gasteiger partial charge in [-0.15, -0.1) is 0 Å². The summed E-state index contributed by atoms with van der Waals surface area (Å²) in [6, 6.07) is 5.93. The van der Waals surface area contributed by atoms with E-state index < -0.39 is 5.97 Å². The number of hydrogen-bond acceptors (Lipinski definition) is 3. The maximum atomic E-state index is 12.5. The Bertz CT molecular complexity index is 616. The Kier molecular flexibility index (Phi) is 3.25. The van der Waals surface area contributed by atoms with Crippen LogP contribution in [0.2, 0.25) is 0 Å². The van der Waals surface area contributed by atoms with Gasteiger partial charge in [-0.25, -0.2) is 9.59 Å². The van der Waals surface area contributed by atoms with Gasteiger partial charge in [-0.3, -0.25) is 4.79 Å². The van der Waals surface area contributed by atoms with Crippen LogP contribution in [0.25, 0.3) is 0 Å². The molecule has 1 aromatic carbocycles. The number of urea groups is 1. The van der Waals surface area contributed by atoms with E-state index in [9.17, 15) is 14.4 Å². The third kappa shape index (κ3) is 2.42. The Morgan fingerprint density at radius 3 is 2.76 bits per heavy atom. The fraction of sp³-hybridized carbons (Fsp3) is 0.357. The first-order valence-corrected chi connectivity index (χ1v) is 6.73.